The number of carbonyl (C=O) groups is 4. The second kappa shape index (κ2) is 70.6. The predicted molar refractivity (Wildman–Crippen MR) is 395 cm³/mol. The molecule has 3 N–H and O–H groups in total. The normalized spacial score (nSPS) is 14.1. The summed E-state index contributed by atoms with van der Waals surface area (Å²) in [6, 6.07) is 0. The lowest BCUT2D eigenvalue weighted by Crippen LogP contribution is -2.30. The van der Waals surface area contributed by atoms with E-state index in [1.165, 1.54) is 186 Å². The van der Waals surface area contributed by atoms with Gasteiger partial charge in [0.05, 0.1) is 26.4 Å². The van der Waals surface area contributed by atoms with Gasteiger partial charge in [0, 0.05) is 25.7 Å². The van der Waals surface area contributed by atoms with Crippen LogP contribution in [0.5, 0.6) is 0 Å². The summed E-state index contributed by atoms with van der Waals surface area (Å²) in [6.45, 7) is 7.25. The Morgan fingerprint density at radius 1 is 0.320 bits per heavy atom. The Morgan fingerprint density at radius 2 is 0.557 bits per heavy atom. The summed E-state index contributed by atoms with van der Waals surface area (Å²) in [4.78, 5) is 72.7. The van der Waals surface area contributed by atoms with Gasteiger partial charge in [0.15, 0.2) is 12.2 Å². The van der Waals surface area contributed by atoms with Crippen LogP contribution in [-0.2, 0) is 65.4 Å². The first-order chi connectivity index (χ1) is 47.0. The Balaban J connectivity index is 5.22. The Labute approximate surface area is 592 Å². The number of aliphatic hydroxyl groups excluding tert-OH is 1. The first-order valence-corrected chi connectivity index (χ1v) is 42.9. The van der Waals surface area contributed by atoms with Crippen molar-refractivity contribution in [2.45, 2.75) is 406 Å². The van der Waals surface area contributed by atoms with Gasteiger partial charge in [-0.2, -0.15) is 0 Å². The highest BCUT2D eigenvalue weighted by Gasteiger charge is 2.30. The van der Waals surface area contributed by atoms with Crippen LogP contribution in [0.1, 0.15) is 388 Å². The molecule has 0 spiro atoms. The van der Waals surface area contributed by atoms with Crippen LogP contribution >= 0.6 is 15.6 Å². The van der Waals surface area contributed by atoms with Gasteiger partial charge in [-0.3, -0.25) is 37.3 Å². The van der Waals surface area contributed by atoms with Crippen LogP contribution in [0, 0.1) is 5.92 Å². The van der Waals surface area contributed by atoms with Gasteiger partial charge in [-0.1, -0.05) is 335 Å². The number of rotatable bonds is 76. The topological polar surface area (TPSA) is 237 Å². The molecule has 17 nitrogen and oxygen atoms in total. The summed E-state index contributed by atoms with van der Waals surface area (Å²) < 4.78 is 68.5. The van der Waals surface area contributed by atoms with Gasteiger partial charge in [0.2, 0.25) is 0 Å². The quantitative estimate of drug-likeness (QED) is 0.0169. The van der Waals surface area contributed by atoms with Crippen molar-refractivity contribution in [2.75, 3.05) is 39.6 Å². The fraction of sp³-hybridized carbons (Fsp3) is 0.897. The maximum Gasteiger partial charge on any atom is 0.472 e. The van der Waals surface area contributed by atoms with E-state index in [0.717, 1.165) is 121 Å². The van der Waals surface area contributed by atoms with Crippen LogP contribution in [0.3, 0.4) is 0 Å². The summed E-state index contributed by atoms with van der Waals surface area (Å²) in [6.07, 6.45) is 63.3. The van der Waals surface area contributed by atoms with E-state index in [0.29, 0.717) is 25.7 Å². The highest BCUT2D eigenvalue weighted by atomic mass is 31.2. The predicted octanol–water partition coefficient (Wildman–Crippen LogP) is 22.8. The largest absolute Gasteiger partial charge is 0.472 e. The van der Waals surface area contributed by atoms with Crippen LogP contribution in [0.4, 0.5) is 0 Å². The fourth-order valence-electron chi connectivity index (χ4n) is 11.5. The van der Waals surface area contributed by atoms with E-state index in [9.17, 15) is 43.2 Å². The maximum atomic E-state index is 13.1. The Kier molecular flexibility index (Phi) is 68.8. The molecule has 0 aromatic carbocycles. The van der Waals surface area contributed by atoms with E-state index in [4.69, 9.17) is 37.0 Å². The Hall–Kier alpha value is -2.46. The molecule has 5 atom stereocenters. The number of unbranched alkanes of at least 4 members (excludes halogenated alkanes) is 45. The minimum atomic E-state index is -4.97. The molecule has 0 aromatic rings. The lowest BCUT2D eigenvalue weighted by atomic mass is 10.0. The second-order valence-electron chi connectivity index (χ2n) is 27.9. The second-order valence-corrected chi connectivity index (χ2v) is 30.8. The van der Waals surface area contributed by atoms with Crippen molar-refractivity contribution >= 4 is 39.5 Å². The van der Waals surface area contributed by atoms with Crippen molar-refractivity contribution in [3.8, 4) is 0 Å². The van der Waals surface area contributed by atoms with Gasteiger partial charge < -0.3 is 33.8 Å². The number of carbonyl (C=O) groups excluding carboxylic acids is 4. The van der Waals surface area contributed by atoms with Crippen molar-refractivity contribution in [3.63, 3.8) is 0 Å². The highest BCUT2D eigenvalue weighted by molar-refractivity contribution is 7.47. The molecule has 97 heavy (non-hydrogen) atoms. The summed E-state index contributed by atoms with van der Waals surface area (Å²) in [7, 11) is -9.92. The average Bonchev–Trinajstić information content (AvgIpc) is 1.19. The molecule has 0 aliphatic rings. The number of aliphatic hydroxyl groups is 1. The standard InChI is InChI=1S/C78H148O17P2/c1-6-9-12-15-18-21-23-25-30-35-38-42-47-52-57-62-76(81)89-68-74(95-78(83)64-59-54-49-44-40-36-32-29-27-26-28-31-34-37-41-45-50-55-60-71(4)5)70-93-97(86,87)91-66-72(79)65-90-96(84,85)92-69-73(67-88-75(80)61-56-51-46-20-17-14-11-8-3)94-77(82)63-58-53-48-43-39-33-24-22-19-16-13-10-7-2/h21,23,25,30,71-74,79H,6-20,22,24,26-29,31-70H2,1-5H3,(H,84,85)(H,86,87)/b23-21-,30-25-/t72-,73+,74+/m0/s1. The number of allylic oxidation sites excluding steroid dienone is 4. The number of hydrogen-bond acceptors (Lipinski definition) is 15. The zero-order chi connectivity index (χ0) is 71.2. The van der Waals surface area contributed by atoms with Crippen LogP contribution in [0.2, 0.25) is 0 Å². The highest BCUT2D eigenvalue weighted by Crippen LogP contribution is 2.45. The van der Waals surface area contributed by atoms with E-state index in [2.05, 4.69) is 58.9 Å². The third-order valence-corrected chi connectivity index (χ3v) is 19.6. The molecule has 0 rings (SSSR count). The molecule has 0 bridgehead atoms. The monoisotopic (exact) mass is 1420 g/mol. The van der Waals surface area contributed by atoms with E-state index in [1.807, 2.05) is 0 Å². The molecule has 0 saturated heterocycles. The molecule has 0 amide bonds. The molecule has 2 unspecified atom stereocenters. The molecule has 0 aliphatic heterocycles. The van der Waals surface area contributed by atoms with Gasteiger partial charge in [0.25, 0.3) is 0 Å². The molecule has 0 aliphatic carbocycles. The summed E-state index contributed by atoms with van der Waals surface area (Å²) in [5.74, 6) is -1.33. The van der Waals surface area contributed by atoms with Crippen molar-refractivity contribution < 1.29 is 80.2 Å². The van der Waals surface area contributed by atoms with Gasteiger partial charge in [0.1, 0.15) is 19.3 Å². The van der Waals surface area contributed by atoms with Gasteiger partial charge in [-0.05, 0) is 57.3 Å². The molecule has 0 radical (unpaired) electrons. The van der Waals surface area contributed by atoms with E-state index in [-0.39, 0.29) is 25.7 Å². The van der Waals surface area contributed by atoms with E-state index in [1.54, 1.807) is 0 Å². The van der Waals surface area contributed by atoms with Crippen LogP contribution in [0.15, 0.2) is 24.3 Å². The molecule has 0 fully saturated rings. The lowest BCUT2D eigenvalue weighted by molar-refractivity contribution is -0.161. The van der Waals surface area contributed by atoms with Crippen LogP contribution in [0.25, 0.3) is 0 Å². The number of esters is 4. The molecular formula is C78H148O17P2. The van der Waals surface area contributed by atoms with Gasteiger partial charge in [-0.25, -0.2) is 9.13 Å². The van der Waals surface area contributed by atoms with E-state index >= 15 is 0 Å². The van der Waals surface area contributed by atoms with Crippen molar-refractivity contribution in [1.82, 2.24) is 0 Å². The van der Waals surface area contributed by atoms with Crippen molar-refractivity contribution in [2.24, 2.45) is 5.92 Å². The molecule has 0 aromatic heterocycles. The summed E-state index contributed by atoms with van der Waals surface area (Å²) in [5.41, 5.74) is 0. The summed E-state index contributed by atoms with van der Waals surface area (Å²) in [5, 5.41) is 10.6. The molecule has 0 heterocycles. The average molecular weight is 1420 g/mol. The van der Waals surface area contributed by atoms with Gasteiger partial charge in [-0.15, -0.1) is 0 Å². The number of phosphoric acid groups is 2. The van der Waals surface area contributed by atoms with Crippen molar-refractivity contribution in [1.29, 1.82) is 0 Å². The lowest BCUT2D eigenvalue weighted by Gasteiger charge is -2.21. The third-order valence-electron chi connectivity index (χ3n) is 17.7. The first-order valence-electron chi connectivity index (χ1n) is 40.0. The smallest absolute Gasteiger partial charge is 0.462 e. The number of phosphoric ester groups is 2. The zero-order valence-corrected chi connectivity index (χ0v) is 64.5. The zero-order valence-electron chi connectivity index (χ0n) is 62.7. The summed E-state index contributed by atoms with van der Waals surface area (Å²) >= 11 is 0. The first kappa shape index (κ1) is 94.5. The molecule has 572 valence electrons. The van der Waals surface area contributed by atoms with Crippen LogP contribution < -0.4 is 0 Å². The number of ether oxygens (including phenoxy) is 4. The van der Waals surface area contributed by atoms with E-state index < -0.39 is 97.5 Å². The van der Waals surface area contributed by atoms with Crippen LogP contribution in [-0.4, -0.2) is 96.7 Å². The minimum absolute atomic E-state index is 0.102. The maximum absolute atomic E-state index is 13.1. The Bertz CT molecular complexity index is 1950. The van der Waals surface area contributed by atoms with Crippen molar-refractivity contribution in [3.05, 3.63) is 24.3 Å². The molecule has 0 saturated carbocycles. The molecule has 19 heteroatoms. The SMILES string of the molecule is CCCCCC/C=C\C=C/CCCCCCCC(=O)OC[C@H](COP(=O)(O)OC[C@@H](O)COP(=O)(O)OC[C@@H](COC(=O)CCCCCCCCCC)OC(=O)CCCCCCCCCCCCCCC)OC(=O)CCCCCCCCCCCCCCCCCCCCC(C)C. The Morgan fingerprint density at radius 3 is 0.845 bits per heavy atom. The minimum Gasteiger partial charge on any atom is -0.462 e. The fourth-order valence-corrected chi connectivity index (χ4v) is 13.1. The third kappa shape index (κ3) is 71.7. The van der Waals surface area contributed by atoms with Gasteiger partial charge >= 0.3 is 39.5 Å². The molecular weight excluding hydrogens is 1270 g/mol. The number of hydrogen-bond donors (Lipinski definition) is 3.